The summed E-state index contributed by atoms with van der Waals surface area (Å²) in [6.07, 6.45) is 1.57. The first-order valence-corrected chi connectivity index (χ1v) is 5.95. The van der Waals surface area contributed by atoms with E-state index in [-0.39, 0.29) is 6.10 Å². The van der Waals surface area contributed by atoms with Crippen LogP contribution in [0, 0.1) is 0 Å². The van der Waals surface area contributed by atoms with Gasteiger partial charge in [0.05, 0.1) is 6.10 Å². The van der Waals surface area contributed by atoms with Gasteiger partial charge in [-0.15, -0.1) is 0 Å². The van der Waals surface area contributed by atoms with Crippen LogP contribution >= 0.6 is 15.9 Å². The van der Waals surface area contributed by atoms with Crippen LogP contribution in [-0.2, 0) is 6.42 Å². The third-order valence-corrected chi connectivity index (χ3v) is 3.83. The van der Waals surface area contributed by atoms with Gasteiger partial charge in [0.25, 0.3) is 0 Å². The molecule has 0 bridgehead atoms. The molecular weight excluding hydrogens is 252 g/mol. The van der Waals surface area contributed by atoms with Gasteiger partial charge in [-0.2, -0.15) is 0 Å². The number of aryl methyl sites for hydroxylation is 1. The Hall–Kier alpha value is -0.860. The molecule has 76 valence electrons. The highest BCUT2D eigenvalue weighted by atomic mass is 79.9. The third kappa shape index (κ3) is 1.32. The van der Waals surface area contributed by atoms with E-state index in [1.54, 1.807) is 0 Å². The van der Waals surface area contributed by atoms with Gasteiger partial charge in [0.1, 0.15) is 0 Å². The molecule has 0 saturated heterocycles. The van der Waals surface area contributed by atoms with Crippen LogP contribution in [0.1, 0.15) is 23.7 Å². The summed E-state index contributed by atoms with van der Waals surface area (Å²) in [5.74, 6) is 0. The van der Waals surface area contributed by atoms with Crippen molar-refractivity contribution >= 4 is 26.7 Å². The van der Waals surface area contributed by atoms with Crippen molar-refractivity contribution in [3.05, 3.63) is 45.9 Å². The molecule has 3 rings (SSSR count). The maximum Gasteiger partial charge on any atom is 0.0796 e. The van der Waals surface area contributed by atoms with Gasteiger partial charge < -0.3 is 5.11 Å². The lowest BCUT2D eigenvalue weighted by Crippen LogP contribution is -1.90. The molecule has 0 radical (unpaired) electrons. The zero-order valence-corrected chi connectivity index (χ0v) is 9.79. The summed E-state index contributed by atoms with van der Waals surface area (Å²) in [6, 6.07) is 10.4. The molecule has 1 nitrogen and oxygen atoms in total. The maximum absolute atomic E-state index is 9.82. The highest BCUT2D eigenvalue weighted by Gasteiger charge is 2.22. The maximum atomic E-state index is 9.82. The van der Waals surface area contributed by atoms with Crippen molar-refractivity contribution in [1.82, 2.24) is 0 Å². The fraction of sp³-hybridized carbons (Fsp3) is 0.231. The molecule has 0 saturated carbocycles. The highest BCUT2D eigenvalue weighted by molar-refractivity contribution is 9.10. The van der Waals surface area contributed by atoms with Crippen LogP contribution < -0.4 is 0 Å². The van der Waals surface area contributed by atoms with Crippen molar-refractivity contribution in [1.29, 1.82) is 0 Å². The predicted octanol–water partition coefficient (Wildman–Crippen LogP) is 3.58. The molecule has 1 atom stereocenters. The third-order valence-electron chi connectivity index (χ3n) is 3.17. The van der Waals surface area contributed by atoms with Gasteiger partial charge in [-0.3, -0.25) is 0 Å². The fourth-order valence-corrected chi connectivity index (χ4v) is 3.06. The van der Waals surface area contributed by atoms with Crippen LogP contribution in [0.25, 0.3) is 10.8 Å². The Balaban J connectivity index is 2.43. The monoisotopic (exact) mass is 262 g/mol. The number of rotatable bonds is 0. The van der Waals surface area contributed by atoms with Gasteiger partial charge in [-0.1, -0.05) is 40.2 Å². The lowest BCUT2D eigenvalue weighted by atomic mass is 10.0. The van der Waals surface area contributed by atoms with Crippen molar-refractivity contribution in [3.8, 4) is 0 Å². The van der Waals surface area contributed by atoms with Crippen LogP contribution in [0.15, 0.2) is 34.8 Å². The van der Waals surface area contributed by atoms with Crippen LogP contribution in [0.5, 0.6) is 0 Å². The average molecular weight is 263 g/mol. The number of benzene rings is 2. The quantitative estimate of drug-likeness (QED) is 0.770. The van der Waals surface area contributed by atoms with E-state index in [1.165, 1.54) is 16.3 Å². The fourth-order valence-electron chi connectivity index (χ4n) is 2.44. The zero-order chi connectivity index (χ0) is 10.4. The molecule has 2 aromatic carbocycles. The van der Waals surface area contributed by atoms with E-state index in [9.17, 15) is 5.11 Å². The zero-order valence-electron chi connectivity index (χ0n) is 8.20. The van der Waals surface area contributed by atoms with Crippen LogP contribution in [0.4, 0.5) is 0 Å². The Labute approximate surface area is 96.9 Å². The van der Waals surface area contributed by atoms with E-state index in [0.717, 1.165) is 22.9 Å². The molecule has 0 fully saturated rings. The molecule has 2 heteroatoms. The largest absolute Gasteiger partial charge is 0.388 e. The van der Waals surface area contributed by atoms with Gasteiger partial charge >= 0.3 is 0 Å². The van der Waals surface area contributed by atoms with E-state index < -0.39 is 0 Å². The van der Waals surface area contributed by atoms with Crippen molar-refractivity contribution < 1.29 is 5.11 Å². The summed E-state index contributed by atoms with van der Waals surface area (Å²) < 4.78 is 1.13. The Morgan fingerprint density at radius 2 is 2.07 bits per heavy atom. The van der Waals surface area contributed by atoms with E-state index in [4.69, 9.17) is 0 Å². The van der Waals surface area contributed by atoms with E-state index >= 15 is 0 Å². The smallest absolute Gasteiger partial charge is 0.0796 e. The highest BCUT2D eigenvalue weighted by Crippen LogP contribution is 2.38. The first-order valence-electron chi connectivity index (χ1n) is 5.15. The molecule has 1 unspecified atom stereocenters. The van der Waals surface area contributed by atoms with Gasteiger partial charge in [-0.25, -0.2) is 0 Å². The number of aliphatic hydroxyl groups excluding tert-OH is 1. The molecule has 0 spiro atoms. The Morgan fingerprint density at radius 1 is 1.20 bits per heavy atom. The number of aliphatic hydroxyl groups is 1. The molecule has 0 amide bonds. The summed E-state index contributed by atoms with van der Waals surface area (Å²) in [7, 11) is 0. The number of hydrogen-bond acceptors (Lipinski definition) is 1. The molecule has 1 aliphatic carbocycles. The standard InChI is InChI=1S/C13H11BrO/c14-11-3-1-2-8-4-5-9-10(13(8)11)6-7-12(9)15/h1-5,12,15H,6-7H2. The second kappa shape index (κ2) is 3.32. The Kier molecular flexibility index (Phi) is 2.08. The topological polar surface area (TPSA) is 20.2 Å². The lowest BCUT2D eigenvalue weighted by molar-refractivity contribution is 0.180. The number of halogens is 1. The van der Waals surface area contributed by atoms with Crippen LogP contribution in [-0.4, -0.2) is 5.11 Å². The minimum atomic E-state index is -0.267. The second-order valence-corrected chi connectivity index (χ2v) is 4.88. The minimum absolute atomic E-state index is 0.267. The van der Waals surface area contributed by atoms with Crippen molar-refractivity contribution in [2.45, 2.75) is 18.9 Å². The van der Waals surface area contributed by atoms with E-state index in [1.807, 2.05) is 6.07 Å². The number of hydrogen-bond donors (Lipinski definition) is 1. The van der Waals surface area contributed by atoms with E-state index in [2.05, 4.69) is 40.2 Å². The molecule has 15 heavy (non-hydrogen) atoms. The minimum Gasteiger partial charge on any atom is -0.388 e. The summed E-state index contributed by atoms with van der Waals surface area (Å²) in [6.45, 7) is 0. The van der Waals surface area contributed by atoms with Crippen molar-refractivity contribution in [2.24, 2.45) is 0 Å². The molecule has 0 heterocycles. The first kappa shape index (κ1) is 9.37. The van der Waals surface area contributed by atoms with Gasteiger partial charge in [0.2, 0.25) is 0 Å². The molecular formula is C13H11BrO. The first-order chi connectivity index (χ1) is 7.27. The Morgan fingerprint density at radius 3 is 2.93 bits per heavy atom. The molecule has 1 N–H and O–H groups in total. The molecule has 2 aromatic rings. The normalized spacial score (nSPS) is 19.5. The van der Waals surface area contributed by atoms with Gasteiger partial charge in [-0.05, 0) is 40.8 Å². The Bertz CT molecular complexity index is 533. The molecule has 0 aliphatic heterocycles. The second-order valence-electron chi connectivity index (χ2n) is 4.03. The molecule has 0 aromatic heterocycles. The predicted molar refractivity (Wildman–Crippen MR) is 64.9 cm³/mol. The van der Waals surface area contributed by atoms with Gasteiger partial charge in [0, 0.05) is 4.47 Å². The van der Waals surface area contributed by atoms with Gasteiger partial charge in [0.15, 0.2) is 0 Å². The van der Waals surface area contributed by atoms with E-state index in [0.29, 0.717) is 0 Å². The summed E-state index contributed by atoms with van der Waals surface area (Å²) in [5, 5.41) is 12.3. The summed E-state index contributed by atoms with van der Waals surface area (Å²) in [5.41, 5.74) is 2.42. The van der Waals surface area contributed by atoms with Crippen LogP contribution in [0.3, 0.4) is 0 Å². The lowest BCUT2D eigenvalue weighted by Gasteiger charge is -2.08. The van der Waals surface area contributed by atoms with Crippen molar-refractivity contribution in [2.75, 3.05) is 0 Å². The summed E-state index contributed by atoms with van der Waals surface area (Å²) >= 11 is 3.59. The average Bonchev–Trinajstić information content (AvgIpc) is 2.61. The van der Waals surface area contributed by atoms with Crippen molar-refractivity contribution in [3.63, 3.8) is 0 Å². The number of fused-ring (bicyclic) bond motifs is 3. The SMILES string of the molecule is OC1CCc2c1ccc1cccc(Br)c21. The molecule has 1 aliphatic rings. The van der Waals surface area contributed by atoms with Crippen LogP contribution in [0.2, 0.25) is 0 Å². The summed E-state index contributed by atoms with van der Waals surface area (Å²) in [4.78, 5) is 0.